The Bertz CT molecular complexity index is 323. The summed E-state index contributed by atoms with van der Waals surface area (Å²) in [4.78, 5) is 6.90. The molecule has 2 rings (SSSR count). The van der Waals surface area contributed by atoms with Gasteiger partial charge in [0.1, 0.15) is 0 Å². The minimum atomic E-state index is 0.579. The van der Waals surface area contributed by atoms with Crippen LogP contribution in [0.1, 0.15) is 32.4 Å². The molecule has 1 aliphatic rings. The van der Waals surface area contributed by atoms with Crippen molar-refractivity contribution in [2.75, 3.05) is 13.1 Å². The SMILES string of the molecule is CC(C)NC1CCCN(Cc2ccccn2)C1. The van der Waals surface area contributed by atoms with Crippen molar-refractivity contribution in [3.63, 3.8) is 0 Å². The summed E-state index contributed by atoms with van der Waals surface area (Å²) in [6.07, 6.45) is 4.47. The highest BCUT2D eigenvalue weighted by molar-refractivity contribution is 5.03. The van der Waals surface area contributed by atoms with Crippen LogP contribution in [0.4, 0.5) is 0 Å². The van der Waals surface area contributed by atoms with E-state index in [2.05, 4.69) is 41.2 Å². The molecular weight excluding hydrogens is 210 g/mol. The molecule has 0 aliphatic carbocycles. The van der Waals surface area contributed by atoms with Gasteiger partial charge in [-0.3, -0.25) is 9.88 Å². The zero-order chi connectivity index (χ0) is 12.1. The van der Waals surface area contributed by atoms with Crippen LogP contribution in [0.5, 0.6) is 0 Å². The first kappa shape index (κ1) is 12.5. The number of nitrogens with zero attached hydrogens (tertiary/aromatic N) is 2. The van der Waals surface area contributed by atoms with Crippen molar-refractivity contribution in [3.05, 3.63) is 30.1 Å². The second kappa shape index (κ2) is 6.12. The highest BCUT2D eigenvalue weighted by Gasteiger charge is 2.20. The van der Waals surface area contributed by atoms with Gasteiger partial charge in [0.2, 0.25) is 0 Å². The average Bonchev–Trinajstić information content (AvgIpc) is 2.30. The maximum Gasteiger partial charge on any atom is 0.0543 e. The topological polar surface area (TPSA) is 28.2 Å². The monoisotopic (exact) mass is 233 g/mol. The molecule has 0 aromatic carbocycles. The predicted molar refractivity (Wildman–Crippen MR) is 70.8 cm³/mol. The van der Waals surface area contributed by atoms with E-state index in [0.717, 1.165) is 13.1 Å². The Labute approximate surface area is 104 Å². The smallest absolute Gasteiger partial charge is 0.0543 e. The minimum Gasteiger partial charge on any atom is -0.311 e. The molecule has 1 saturated heterocycles. The van der Waals surface area contributed by atoms with E-state index < -0.39 is 0 Å². The molecule has 1 N–H and O–H groups in total. The quantitative estimate of drug-likeness (QED) is 0.862. The van der Waals surface area contributed by atoms with Crippen LogP contribution in [0.25, 0.3) is 0 Å². The molecule has 17 heavy (non-hydrogen) atoms. The molecular formula is C14H23N3. The van der Waals surface area contributed by atoms with Crippen LogP contribution < -0.4 is 5.32 Å². The fraction of sp³-hybridized carbons (Fsp3) is 0.643. The number of piperidine rings is 1. The molecule has 0 bridgehead atoms. The normalized spacial score (nSPS) is 21.9. The summed E-state index contributed by atoms with van der Waals surface area (Å²) < 4.78 is 0. The van der Waals surface area contributed by atoms with Gasteiger partial charge in [-0.25, -0.2) is 0 Å². The zero-order valence-electron chi connectivity index (χ0n) is 10.9. The second-order valence-electron chi connectivity index (χ2n) is 5.22. The third-order valence-electron chi connectivity index (χ3n) is 3.19. The molecule has 1 unspecified atom stereocenters. The lowest BCUT2D eigenvalue weighted by Crippen LogP contribution is -2.47. The Morgan fingerprint density at radius 2 is 2.35 bits per heavy atom. The van der Waals surface area contributed by atoms with Crippen molar-refractivity contribution >= 4 is 0 Å². The molecule has 1 aromatic rings. The number of hydrogen-bond donors (Lipinski definition) is 1. The Hall–Kier alpha value is -0.930. The summed E-state index contributed by atoms with van der Waals surface area (Å²) in [6.45, 7) is 7.77. The molecule has 94 valence electrons. The van der Waals surface area contributed by atoms with E-state index in [1.165, 1.54) is 25.1 Å². The van der Waals surface area contributed by atoms with Gasteiger partial charge in [-0.2, -0.15) is 0 Å². The molecule has 1 fully saturated rings. The van der Waals surface area contributed by atoms with Crippen LogP contribution in [-0.2, 0) is 6.54 Å². The fourth-order valence-electron chi connectivity index (χ4n) is 2.53. The van der Waals surface area contributed by atoms with E-state index in [1.807, 2.05) is 12.3 Å². The first-order chi connectivity index (χ1) is 8.24. The number of pyridine rings is 1. The number of likely N-dealkylation sites (tertiary alicyclic amines) is 1. The van der Waals surface area contributed by atoms with E-state index in [9.17, 15) is 0 Å². The lowest BCUT2D eigenvalue weighted by atomic mass is 10.0. The standard InChI is InChI=1S/C14H23N3/c1-12(2)16-14-7-5-9-17(11-14)10-13-6-3-4-8-15-13/h3-4,6,8,12,14,16H,5,7,9-11H2,1-2H3. The third kappa shape index (κ3) is 4.10. The van der Waals surface area contributed by atoms with Gasteiger partial charge in [0.05, 0.1) is 5.69 Å². The molecule has 3 nitrogen and oxygen atoms in total. The zero-order valence-corrected chi connectivity index (χ0v) is 10.9. The first-order valence-electron chi connectivity index (χ1n) is 6.62. The first-order valence-corrected chi connectivity index (χ1v) is 6.62. The summed E-state index contributed by atoms with van der Waals surface area (Å²) in [5.41, 5.74) is 1.18. The van der Waals surface area contributed by atoms with Gasteiger partial charge in [-0.1, -0.05) is 19.9 Å². The Morgan fingerprint density at radius 3 is 3.06 bits per heavy atom. The summed E-state index contributed by atoms with van der Waals surface area (Å²) in [5, 5.41) is 3.64. The number of hydrogen-bond acceptors (Lipinski definition) is 3. The van der Waals surface area contributed by atoms with Gasteiger partial charge < -0.3 is 5.32 Å². The summed E-state index contributed by atoms with van der Waals surface area (Å²) in [6, 6.07) is 7.38. The lowest BCUT2D eigenvalue weighted by molar-refractivity contribution is 0.177. The Morgan fingerprint density at radius 1 is 1.47 bits per heavy atom. The van der Waals surface area contributed by atoms with Crippen LogP contribution in [0.2, 0.25) is 0 Å². The van der Waals surface area contributed by atoms with Gasteiger partial charge in [-0.05, 0) is 31.5 Å². The van der Waals surface area contributed by atoms with Gasteiger partial charge in [-0.15, -0.1) is 0 Å². The number of aromatic nitrogens is 1. The minimum absolute atomic E-state index is 0.579. The maximum atomic E-state index is 4.40. The molecule has 0 amide bonds. The van der Waals surface area contributed by atoms with Crippen LogP contribution in [0.3, 0.4) is 0 Å². The molecule has 1 aliphatic heterocycles. The van der Waals surface area contributed by atoms with Gasteiger partial charge in [0.25, 0.3) is 0 Å². The van der Waals surface area contributed by atoms with Gasteiger partial charge in [0, 0.05) is 31.4 Å². The largest absolute Gasteiger partial charge is 0.311 e. The van der Waals surface area contributed by atoms with E-state index in [-0.39, 0.29) is 0 Å². The number of rotatable bonds is 4. The molecule has 0 spiro atoms. The highest BCUT2D eigenvalue weighted by atomic mass is 15.2. The molecule has 1 aromatic heterocycles. The Balaban J connectivity index is 1.85. The maximum absolute atomic E-state index is 4.40. The van der Waals surface area contributed by atoms with Crippen molar-refractivity contribution in [3.8, 4) is 0 Å². The Kier molecular flexibility index (Phi) is 4.51. The molecule has 0 radical (unpaired) electrons. The van der Waals surface area contributed by atoms with Crippen LogP contribution in [0, 0.1) is 0 Å². The lowest BCUT2D eigenvalue weighted by Gasteiger charge is -2.34. The fourth-order valence-corrected chi connectivity index (χ4v) is 2.53. The average molecular weight is 233 g/mol. The molecule has 2 heterocycles. The second-order valence-corrected chi connectivity index (χ2v) is 5.22. The summed E-state index contributed by atoms with van der Waals surface area (Å²) >= 11 is 0. The van der Waals surface area contributed by atoms with Crippen molar-refractivity contribution < 1.29 is 0 Å². The highest BCUT2D eigenvalue weighted by Crippen LogP contribution is 2.13. The van der Waals surface area contributed by atoms with E-state index in [0.29, 0.717) is 12.1 Å². The molecule has 0 saturated carbocycles. The molecule has 3 heteroatoms. The van der Waals surface area contributed by atoms with Crippen LogP contribution in [-0.4, -0.2) is 35.1 Å². The van der Waals surface area contributed by atoms with Crippen molar-refractivity contribution in [2.24, 2.45) is 0 Å². The van der Waals surface area contributed by atoms with Gasteiger partial charge >= 0.3 is 0 Å². The third-order valence-corrected chi connectivity index (χ3v) is 3.19. The predicted octanol–water partition coefficient (Wildman–Crippen LogP) is 2.04. The van der Waals surface area contributed by atoms with E-state index in [4.69, 9.17) is 0 Å². The van der Waals surface area contributed by atoms with Gasteiger partial charge in [0.15, 0.2) is 0 Å². The molecule has 1 atom stereocenters. The summed E-state index contributed by atoms with van der Waals surface area (Å²) in [5.74, 6) is 0. The van der Waals surface area contributed by atoms with Crippen molar-refractivity contribution in [1.29, 1.82) is 0 Å². The van der Waals surface area contributed by atoms with Crippen molar-refractivity contribution in [2.45, 2.75) is 45.3 Å². The van der Waals surface area contributed by atoms with E-state index >= 15 is 0 Å². The number of nitrogens with one attached hydrogen (secondary N) is 1. The van der Waals surface area contributed by atoms with Crippen LogP contribution >= 0.6 is 0 Å². The van der Waals surface area contributed by atoms with Crippen LogP contribution in [0.15, 0.2) is 24.4 Å². The van der Waals surface area contributed by atoms with Crippen molar-refractivity contribution in [1.82, 2.24) is 15.2 Å². The summed E-state index contributed by atoms with van der Waals surface area (Å²) in [7, 11) is 0. The van der Waals surface area contributed by atoms with E-state index in [1.54, 1.807) is 0 Å².